The van der Waals surface area contributed by atoms with Gasteiger partial charge in [0.25, 0.3) is 0 Å². The van der Waals surface area contributed by atoms with E-state index in [9.17, 15) is 0 Å². The van der Waals surface area contributed by atoms with Gasteiger partial charge in [-0.25, -0.2) is 0 Å². The Morgan fingerprint density at radius 1 is 0.225 bits per heavy atom. The highest BCUT2D eigenvalue weighted by molar-refractivity contribution is 7.26. The van der Waals surface area contributed by atoms with Crippen molar-refractivity contribution in [1.82, 2.24) is 0 Å². The van der Waals surface area contributed by atoms with Crippen LogP contribution in [-0.4, -0.2) is 0 Å². The molecule has 16 aromatic carbocycles. The first-order valence-corrected chi connectivity index (χ1v) is 34.5. The molecule has 3 aromatic heterocycles. The molecule has 0 aliphatic carbocycles. The third-order valence-electron chi connectivity index (χ3n) is 16.6. The molecule has 0 amide bonds. The van der Waals surface area contributed by atoms with Crippen LogP contribution in [0, 0.1) is 0 Å². The van der Waals surface area contributed by atoms with Crippen molar-refractivity contribution in [3.05, 3.63) is 400 Å². The second-order valence-electron chi connectivity index (χ2n) is 23.3. The van der Waals surface area contributed by atoms with Gasteiger partial charge in [-0.05, 0) is 167 Å². The molecule has 3 heterocycles. The molecule has 6 nitrogen and oxygen atoms in total. The summed E-state index contributed by atoms with van der Waals surface area (Å²) in [6, 6.07) is 99.4. The number of anilines is 10. The van der Waals surface area contributed by atoms with Gasteiger partial charge in [0.1, 0.15) is 11.2 Å². The van der Waals surface area contributed by atoms with Gasteiger partial charge in [0.15, 0.2) is 0 Å². The van der Waals surface area contributed by atoms with Gasteiger partial charge in [-0.2, -0.15) is 0 Å². The molecule has 8 heteroatoms. The SMILES string of the molecule is [2H]c1c([2H])c([2H])c(Nc2c([2H])c([2H])c([2H])c([2H])c2[2H])c([2H])c1[2H].[2H]c1c([2H])c([2H])c(Nc2ccccc2)c([2H])c1[2H].c1ccc(-c2ccc(Nc3ccc4sc5ccccc5c4c3)cc2)cc1.c1ccc(-c2ccc(Nc3cccc4c3sc3ccccc34)cc2)cc1.c1ccc2c(Nc3ccc4oc5ccccc5c4c3)cccc2c1. The molecular weight excluding hydrogens is 1280 g/mol. The summed E-state index contributed by atoms with van der Waals surface area (Å²) in [5.41, 5.74) is 13.5. The van der Waals surface area contributed by atoms with E-state index in [0.29, 0.717) is 5.69 Å². The maximum absolute atomic E-state index is 7.79. The zero-order chi connectivity index (χ0) is 81.5. The Kier molecular flexibility index (Phi) is 15.4. The van der Waals surface area contributed by atoms with Crippen LogP contribution in [0.3, 0.4) is 0 Å². The molecule has 0 aliphatic heterocycles. The van der Waals surface area contributed by atoms with E-state index in [2.05, 4.69) is 269 Å². The maximum atomic E-state index is 7.79. The maximum Gasteiger partial charge on any atom is 0.135 e. The Labute approximate surface area is 623 Å². The van der Waals surface area contributed by atoms with Crippen LogP contribution in [0.2, 0.25) is 0 Å². The number of furan rings is 1. The minimum atomic E-state index is -0.583. The van der Waals surface area contributed by atoms with Gasteiger partial charge < -0.3 is 31.0 Å². The Morgan fingerprint density at radius 3 is 1.24 bits per heavy atom. The molecule has 5 N–H and O–H groups in total. The van der Waals surface area contributed by atoms with Gasteiger partial charge >= 0.3 is 0 Å². The molecule has 0 aliphatic rings. The second-order valence-corrected chi connectivity index (χ2v) is 25.4. The summed E-state index contributed by atoms with van der Waals surface area (Å²) in [5, 5.41) is 26.0. The van der Waals surface area contributed by atoms with Crippen molar-refractivity contribution in [2.45, 2.75) is 0 Å². The molecule has 19 aromatic rings. The number of nitrogens with one attached hydrogen (secondary N) is 5. The van der Waals surface area contributed by atoms with E-state index in [0.717, 1.165) is 56.1 Å². The quantitative estimate of drug-likeness (QED) is 0.0840. The number of rotatable bonds is 12. The van der Waals surface area contributed by atoms with Crippen molar-refractivity contribution in [2.24, 2.45) is 0 Å². The topological polar surface area (TPSA) is 73.3 Å². The average molecular weight is 1370 g/mol. The lowest BCUT2D eigenvalue weighted by Crippen LogP contribution is -1.91. The molecule has 490 valence electrons. The minimum absolute atomic E-state index is 0.0900. The predicted molar refractivity (Wildman–Crippen MR) is 442 cm³/mol. The van der Waals surface area contributed by atoms with Gasteiger partial charge in [0.05, 0.1) is 30.9 Å². The Morgan fingerprint density at radius 2 is 0.608 bits per heavy atom. The highest BCUT2D eigenvalue weighted by Crippen LogP contribution is 2.41. The fourth-order valence-electron chi connectivity index (χ4n) is 11.7. The first-order chi connectivity index (χ1) is 56.7. The predicted octanol–water partition coefficient (Wildman–Crippen LogP) is 28.3. The monoisotopic (exact) mass is 1360 g/mol. The number of hydrogen-bond acceptors (Lipinski definition) is 8. The van der Waals surface area contributed by atoms with E-state index in [-0.39, 0.29) is 47.3 Å². The molecule has 0 spiro atoms. The van der Waals surface area contributed by atoms with Crippen molar-refractivity contribution in [3.63, 3.8) is 0 Å². The van der Waals surface area contributed by atoms with Crippen LogP contribution in [0.1, 0.15) is 20.6 Å². The lowest BCUT2D eigenvalue weighted by atomic mass is 10.1. The fourth-order valence-corrected chi connectivity index (χ4v) is 14.0. The fraction of sp³-hybridized carbons (Fsp3) is 0. The van der Waals surface area contributed by atoms with Crippen LogP contribution < -0.4 is 26.6 Å². The van der Waals surface area contributed by atoms with Gasteiger partial charge in [-0.1, -0.05) is 261 Å². The molecule has 0 unspecified atom stereocenters. The third kappa shape index (κ3) is 15.9. The van der Waals surface area contributed by atoms with E-state index in [1.165, 1.54) is 73.4 Å². The van der Waals surface area contributed by atoms with Gasteiger partial charge in [0, 0.05) is 103 Å². The van der Waals surface area contributed by atoms with Crippen LogP contribution in [0.5, 0.6) is 0 Å². The highest BCUT2D eigenvalue weighted by Gasteiger charge is 2.12. The molecule has 0 saturated heterocycles. The highest BCUT2D eigenvalue weighted by atomic mass is 32.1. The minimum Gasteiger partial charge on any atom is -0.456 e. The summed E-state index contributed by atoms with van der Waals surface area (Å²) in [7, 11) is 0. The lowest BCUT2D eigenvalue weighted by molar-refractivity contribution is 0.669. The first-order valence-electron chi connectivity index (χ1n) is 40.4. The Balaban J connectivity index is 0.000000115. The average Bonchev–Trinajstić information content (AvgIpc) is 1.67. The van der Waals surface area contributed by atoms with Crippen LogP contribution in [0.4, 0.5) is 56.9 Å². The van der Waals surface area contributed by atoms with E-state index in [1.807, 2.05) is 65.1 Å². The van der Waals surface area contributed by atoms with Gasteiger partial charge in [-0.3, -0.25) is 0 Å². The summed E-state index contributed by atoms with van der Waals surface area (Å²) in [6.07, 6.45) is 0. The first kappa shape index (κ1) is 49.5. The smallest absolute Gasteiger partial charge is 0.135 e. The normalized spacial score (nSPS) is 12.8. The second kappa shape index (κ2) is 31.7. The van der Waals surface area contributed by atoms with E-state index < -0.39 is 60.4 Å². The molecule has 102 heavy (non-hydrogen) atoms. The summed E-state index contributed by atoms with van der Waals surface area (Å²) in [6.45, 7) is 0. The molecule has 0 saturated carbocycles. The Bertz CT molecular complexity index is 6700. The molecule has 0 bridgehead atoms. The number of hydrogen-bond donors (Lipinski definition) is 5. The summed E-state index contributed by atoms with van der Waals surface area (Å²) in [5.74, 6) is 0. The standard InChI is InChI=1S/2C24H17NS.C22H15NO.2C12H11N/c1-2-7-17(8-3-1)18-13-15-19(16-14-18)25-22-11-6-10-21-20-9-4-5-12-23(20)26-24(21)22;1-2-6-17(7-3-1)18-10-12-19(13-11-18)25-20-14-15-24-22(16-20)21-8-4-5-9-23(21)26-24;1-2-8-17-15(6-1)7-5-10-20(17)23-16-12-13-22-19(14-16)18-9-3-4-11-21(18)24-22;2*1-3-7-11(8-4-1)13-12-9-5-2-6-10-12/h2*1-16,25H;1-14,23H;2*1-10,13H/i;;;1D,2D,3D,4D,5D,6D,7D,8D,9D,10D;1D,3D,4D,7D,8D. The number of benzene rings is 16. The van der Waals surface area contributed by atoms with Crippen LogP contribution in [0.15, 0.2) is 404 Å². The zero-order valence-electron chi connectivity index (χ0n) is 69.7. The number of fused-ring (bicyclic) bond motifs is 10. The van der Waals surface area contributed by atoms with Crippen LogP contribution >= 0.6 is 22.7 Å². The molecule has 0 atom stereocenters. The molecule has 0 fully saturated rings. The summed E-state index contributed by atoms with van der Waals surface area (Å²) < 4.78 is 126. The zero-order valence-corrected chi connectivity index (χ0v) is 56.3. The van der Waals surface area contributed by atoms with Gasteiger partial charge in [-0.15, -0.1) is 22.7 Å². The van der Waals surface area contributed by atoms with Crippen molar-refractivity contribution >= 4 is 153 Å². The molecule has 0 radical (unpaired) electrons. The number of para-hydroxylation sites is 5. The van der Waals surface area contributed by atoms with Crippen molar-refractivity contribution in [3.8, 4) is 22.3 Å². The van der Waals surface area contributed by atoms with Crippen LogP contribution in [-0.2, 0) is 0 Å². The van der Waals surface area contributed by atoms with Gasteiger partial charge in [0.2, 0.25) is 0 Å². The molecule has 19 rings (SSSR count). The third-order valence-corrected chi connectivity index (χ3v) is 18.9. The summed E-state index contributed by atoms with van der Waals surface area (Å²) in [4.78, 5) is 0. The Hall–Kier alpha value is -13.0. The van der Waals surface area contributed by atoms with Crippen LogP contribution in [0.25, 0.3) is 95.3 Å². The van der Waals surface area contributed by atoms with Crippen molar-refractivity contribution in [1.29, 1.82) is 0 Å². The van der Waals surface area contributed by atoms with E-state index in [4.69, 9.17) is 25.0 Å². The largest absolute Gasteiger partial charge is 0.456 e. The lowest BCUT2D eigenvalue weighted by Gasteiger charge is -2.10. The number of thiophene rings is 2. The summed E-state index contributed by atoms with van der Waals surface area (Å²) >= 11 is 3.69. The van der Waals surface area contributed by atoms with E-state index in [1.54, 1.807) is 24.3 Å². The van der Waals surface area contributed by atoms with E-state index >= 15 is 0 Å². The molecular formula is C94H71N5OS2. The van der Waals surface area contributed by atoms with Crippen molar-refractivity contribution in [2.75, 3.05) is 26.6 Å². The van der Waals surface area contributed by atoms with Crippen molar-refractivity contribution < 1.29 is 25.0 Å².